The molecule has 0 radical (unpaired) electrons. The third-order valence-corrected chi connectivity index (χ3v) is 3.86. The molecule has 0 aliphatic rings. The largest absolute Gasteiger partial charge is 0.272 e. The minimum absolute atomic E-state index is 0.165. The quantitative estimate of drug-likeness (QED) is 0.758. The molecule has 0 saturated heterocycles. The van der Waals surface area contributed by atoms with E-state index in [0.29, 0.717) is 12.1 Å². The molecule has 0 saturated carbocycles. The third-order valence-electron chi connectivity index (χ3n) is 1.89. The molecule has 1 rings (SSSR count). The maximum atomic E-state index is 11.6. The summed E-state index contributed by atoms with van der Waals surface area (Å²) in [5.41, 5.74) is 0.598. The smallest absolute Gasteiger partial charge is 0.234 e. The molecule has 0 N–H and O–H groups in total. The predicted molar refractivity (Wildman–Crippen MR) is 56.7 cm³/mol. The fraction of sp³-hybridized carbons (Fsp3) is 0.444. The molecule has 1 aromatic heterocycles. The number of anilines is 1. The molecule has 0 atom stereocenters. The lowest BCUT2D eigenvalue weighted by molar-refractivity contribution is 0.593. The van der Waals surface area contributed by atoms with E-state index in [-0.39, 0.29) is 5.75 Å². The first-order valence-electron chi connectivity index (χ1n) is 4.44. The molecule has 5 heteroatoms. The van der Waals surface area contributed by atoms with Gasteiger partial charge in [-0.2, -0.15) is 0 Å². The molecule has 14 heavy (non-hydrogen) atoms. The van der Waals surface area contributed by atoms with Gasteiger partial charge in [0.1, 0.15) is 0 Å². The Morgan fingerprint density at radius 1 is 1.50 bits per heavy atom. The summed E-state index contributed by atoms with van der Waals surface area (Å²) in [7, 11) is -1.63. The van der Waals surface area contributed by atoms with Crippen LogP contribution in [0.1, 0.15) is 13.3 Å². The summed E-state index contributed by atoms with van der Waals surface area (Å²) in [5, 5.41) is 0. The van der Waals surface area contributed by atoms with Crippen molar-refractivity contribution in [2.45, 2.75) is 13.3 Å². The van der Waals surface area contributed by atoms with E-state index >= 15 is 0 Å². The Bertz CT molecular complexity index is 375. The standard InChI is InChI=1S/C9H14N2O2S/c1-3-7-14(12,13)11(2)9-5-4-6-10-8-9/h4-6,8H,3,7H2,1-2H3. The highest BCUT2D eigenvalue weighted by Gasteiger charge is 2.16. The summed E-state index contributed by atoms with van der Waals surface area (Å²) >= 11 is 0. The van der Waals surface area contributed by atoms with E-state index in [1.54, 1.807) is 25.4 Å². The van der Waals surface area contributed by atoms with Crippen molar-refractivity contribution in [3.63, 3.8) is 0 Å². The molecule has 4 nitrogen and oxygen atoms in total. The first-order valence-corrected chi connectivity index (χ1v) is 6.05. The van der Waals surface area contributed by atoms with Gasteiger partial charge >= 0.3 is 0 Å². The number of aromatic nitrogens is 1. The zero-order valence-corrected chi connectivity index (χ0v) is 9.16. The van der Waals surface area contributed by atoms with Crippen LogP contribution in [-0.4, -0.2) is 26.2 Å². The number of nitrogens with zero attached hydrogens (tertiary/aromatic N) is 2. The second-order valence-electron chi connectivity index (χ2n) is 2.99. The second-order valence-corrected chi connectivity index (χ2v) is 5.11. The van der Waals surface area contributed by atoms with E-state index < -0.39 is 10.0 Å². The summed E-state index contributed by atoms with van der Waals surface area (Å²) < 4.78 is 24.5. The summed E-state index contributed by atoms with van der Waals surface area (Å²) in [5.74, 6) is 0.165. The van der Waals surface area contributed by atoms with Crippen molar-refractivity contribution >= 4 is 15.7 Å². The number of pyridine rings is 1. The van der Waals surface area contributed by atoms with Crippen LogP contribution in [-0.2, 0) is 10.0 Å². The van der Waals surface area contributed by atoms with E-state index in [1.165, 1.54) is 10.5 Å². The highest BCUT2D eigenvalue weighted by Crippen LogP contribution is 2.14. The Kier molecular flexibility index (Phi) is 3.46. The van der Waals surface area contributed by atoms with Gasteiger partial charge < -0.3 is 0 Å². The van der Waals surface area contributed by atoms with Crippen molar-refractivity contribution in [1.29, 1.82) is 0 Å². The zero-order chi connectivity index (χ0) is 10.6. The maximum Gasteiger partial charge on any atom is 0.234 e. The van der Waals surface area contributed by atoms with Crippen LogP contribution in [0.2, 0.25) is 0 Å². The van der Waals surface area contributed by atoms with Crippen LogP contribution in [0.5, 0.6) is 0 Å². The Labute approximate surface area is 84.6 Å². The number of sulfonamides is 1. The molecule has 1 heterocycles. The lowest BCUT2D eigenvalue weighted by atomic mass is 10.4. The van der Waals surface area contributed by atoms with E-state index in [4.69, 9.17) is 0 Å². The van der Waals surface area contributed by atoms with Crippen LogP contribution in [0, 0.1) is 0 Å². The van der Waals surface area contributed by atoms with Crippen molar-refractivity contribution in [3.8, 4) is 0 Å². The second kappa shape index (κ2) is 4.41. The molecule has 0 aromatic carbocycles. The van der Waals surface area contributed by atoms with Crippen molar-refractivity contribution in [2.24, 2.45) is 0 Å². The molecular weight excluding hydrogens is 200 g/mol. The van der Waals surface area contributed by atoms with Gasteiger partial charge in [0.15, 0.2) is 0 Å². The van der Waals surface area contributed by atoms with Gasteiger partial charge in [-0.25, -0.2) is 8.42 Å². The molecule has 0 amide bonds. The fourth-order valence-corrected chi connectivity index (χ4v) is 2.31. The molecule has 0 fully saturated rings. The molecule has 0 spiro atoms. The molecule has 78 valence electrons. The molecular formula is C9H14N2O2S. The Balaban J connectivity index is 2.91. The Morgan fingerprint density at radius 3 is 2.71 bits per heavy atom. The SMILES string of the molecule is CCCS(=O)(=O)N(C)c1cccnc1. The zero-order valence-electron chi connectivity index (χ0n) is 8.34. The summed E-state index contributed by atoms with van der Waals surface area (Å²) in [6, 6.07) is 3.44. The van der Waals surface area contributed by atoms with E-state index in [0.717, 1.165) is 0 Å². The average Bonchev–Trinajstić information content (AvgIpc) is 2.18. The van der Waals surface area contributed by atoms with Crippen LogP contribution < -0.4 is 4.31 Å². The normalized spacial score (nSPS) is 11.3. The van der Waals surface area contributed by atoms with Crippen molar-refractivity contribution in [2.75, 3.05) is 17.1 Å². The minimum atomic E-state index is -3.17. The summed E-state index contributed by atoms with van der Waals surface area (Å²) in [6.07, 6.45) is 3.77. The molecule has 0 bridgehead atoms. The number of hydrogen-bond acceptors (Lipinski definition) is 3. The van der Waals surface area contributed by atoms with Gasteiger partial charge in [0.05, 0.1) is 17.6 Å². The van der Waals surface area contributed by atoms with Gasteiger partial charge in [0.25, 0.3) is 0 Å². The maximum absolute atomic E-state index is 11.6. The number of rotatable bonds is 4. The summed E-state index contributed by atoms with van der Waals surface area (Å²) in [6.45, 7) is 1.84. The van der Waals surface area contributed by atoms with Gasteiger partial charge in [0.2, 0.25) is 10.0 Å². The van der Waals surface area contributed by atoms with Gasteiger partial charge in [0, 0.05) is 13.2 Å². The fourth-order valence-electron chi connectivity index (χ4n) is 1.10. The van der Waals surface area contributed by atoms with Gasteiger partial charge in [-0.05, 0) is 18.6 Å². The predicted octanol–water partition coefficient (Wildman–Crippen LogP) is 1.26. The van der Waals surface area contributed by atoms with Crippen molar-refractivity contribution in [3.05, 3.63) is 24.5 Å². The van der Waals surface area contributed by atoms with E-state index in [1.807, 2.05) is 6.92 Å². The Hall–Kier alpha value is -1.10. The van der Waals surface area contributed by atoms with Gasteiger partial charge in [-0.3, -0.25) is 9.29 Å². The van der Waals surface area contributed by atoms with Gasteiger partial charge in [-0.15, -0.1) is 0 Å². The first kappa shape index (κ1) is 11.0. The minimum Gasteiger partial charge on any atom is -0.272 e. The van der Waals surface area contributed by atoms with Crippen molar-refractivity contribution < 1.29 is 8.42 Å². The molecule has 0 unspecified atom stereocenters. The van der Waals surface area contributed by atoms with Crippen LogP contribution in [0.15, 0.2) is 24.5 Å². The lowest BCUT2D eigenvalue weighted by Crippen LogP contribution is -2.28. The first-order chi connectivity index (χ1) is 6.58. The van der Waals surface area contributed by atoms with Crippen LogP contribution in [0.25, 0.3) is 0 Å². The average molecular weight is 214 g/mol. The molecule has 0 aliphatic carbocycles. The van der Waals surface area contributed by atoms with Crippen molar-refractivity contribution in [1.82, 2.24) is 4.98 Å². The van der Waals surface area contributed by atoms with Crippen LogP contribution >= 0.6 is 0 Å². The third kappa shape index (κ3) is 2.45. The van der Waals surface area contributed by atoms with E-state index in [9.17, 15) is 8.42 Å². The monoisotopic (exact) mass is 214 g/mol. The highest BCUT2D eigenvalue weighted by molar-refractivity contribution is 7.92. The van der Waals surface area contributed by atoms with E-state index in [2.05, 4.69) is 4.98 Å². The van der Waals surface area contributed by atoms with Gasteiger partial charge in [-0.1, -0.05) is 6.92 Å². The van der Waals surface area contributed by atoms with Crippen LogP contribution in [0.4, 0.5) is 5.69 Å². The topological polar surface area (TPSA) is 50.3 Å². The number of hydrogen-bond donors (Lipinski definition) is 0. The lowest BCUT2D eigenvalue weighted by Gasteiger charge is -2.18. The molecule has 1 aromatic rings. The highest BCUT2D eigenvalue weighted by atomic mass is 32.2. The van der Waals surface area contributed by atoms with Crippen LogP contribution in [0.3, 0.4) is 0 Å². The summed E-state index contributed by atoms with van der Waals surface area (Å²) in [4.78, 5) is 3.87. The Morgan fingerprint density at radius 2 is 2.21 bits per heavy atom. The molecule has 0 aliphatic heterocycles.